The Bertz CT molecular complexity index is 1700. The van der Waals surface area contributed by atoms with Crippen molar-refractivity contribution < 1.29 is 32.6 Å². The second-order valence-corrected chi connectivity index (χ2v) is 13.4. The van der Waals surface area contributed by atoms with E-state index in [0.29, 0.717) is 29.0 Å². The number of hydrogen-bond donors (Lipinski definition) is 1. The second kappa shape index (κ2) is 14.0. The summed E-state index contributed by atoms with van der Waals surface area (Å²) < 4.78 is 37.7. The topological polar surface area (TPSA) is 123 Å². The van der Waals surface area contributed by atoms with Gasteiger partial charge < -0.3 is 19.5 Å². The van der Waals surface area contributed by atoms with Crippen molar-refractivity contribution in [1.82, 2.24) is 9.88 Å². The number of aldehydes is 1. The molecule has 4 rings (SSSR count). The average molecular weight is 637 g/mol. The van der Waals surface area contributed by atoms with Gasteiger partial charge in [0.1, 0.15) is 11.4 Å². The van der Waals surface area contributed by atoms with E-state index in [2.05, 4.69) is 4.98 Å². The number of carbonyl (C=O) groups excluding carboxylic acids is 2. The number of pyridine rings is 1. The number of halogens is 1. The van der Waals surface area contributed by atoms with Gasteiger partial charge >= 0.3 is 6.09 Å². The van der Waals surface area contributed by atoms with Crippen LogP contribution in [0, 0.1) is 0 Å². The van der Waals surface area contributed by atoms with Gasteiger partial charge in [0.05, 0.1) is 28.0 Å². The number of ether oxygens (including phenoxy) is 2. The van der Waals surface area contributed by atoms with Gasteiger partial charge in [-0.2, -0.15) is 0 Å². The molecule has 44 heavy (non-hydrogen) atoms. The fourth-order valence-electron chi connectivity index (χ4n) is 4.22. The van der Waals surface area contributed by atoms with E-state index in [0.717, 1.165) is 5.56 Å². The standard InChI is InChI=1S/C33H33ClN2O7S/c1-33(2,3)43-32(39)36(21-30(38)24-6-4-8-26(34)20-24)19-17-23-9-13-28(14-10-23)44(40,41)29-15-11-27(12-16-29)42-31-25(22-37)7-5-18-35-31/h4-16,18,20,22,30,38H,17,19,21H2,1-3H3/t30-/m0/s1. The molecule has 0 aliphatic heterocycles. The monoisotopic (exact) mass is 636 g/mol. The minimum absolute atomic E-state index is 0.0157. The summed E-state index contributed by atoms with van der Waals surface area (Å²) in [6, 6.07) is 22.2. The molecule has 9 nitrogen and oxygen atoms in total. The lowest BCUT2D eigenvalue weighted by Gasteiger charge is -2.29. The zero-order valence-electron chi connectivity index (χ0n) is 24.5. The molecule has 1 heterocycles. The highest BCUT2D eigenvalue weighted by Crippen LogP contribution is 2.27. The predicted molar refractivity (Wildman–Crippen MR) is 166 cm³/mol. The van der Waals surface area contributed by atoms with Gasteiger partial charge in [0, 0.05) is 17.8 Å². The van der Waals surface area contributed by atoms with Crippen LogP contribution in [0.3, 0.4) is 0 Å². The highest BCUT2D eigenvalue weighted by atomic mass is 35.5. The zero-order chi connectivity index (χ0) is 31.9. The zero-order valence-corrected chi connectivity index (χ0v) is 26.1. The van der Waals surface area contributed by atoms with Crippen molar-refractivity contribution in [1.29, 1.82) is 0 Å². The molecule has 3 aromatic carbocycles. The third-order valence-corrected chi connectivity index (χ3v) is 8.48. The third-order valence-electron chi connectivity index (χ3n) is 6.46. The van der Waals surface area contributed by atoms with Crippen LogP contribution in [0.25, 0.3) is 0 Å². The summed E-state index contributed by atoms with van der Waals surface area (Å²) in [6.07, 6.45) is 0.955. The Balaban J connectivity index is 1.44. The summed E-state index contributed by atoms with van der Waals surface area (Å²) in [5.41, 5.74) is 0.909. The summed E-state index contributed by atoms with van der Waals surface area (Å²) in [5, 5.41) is 11.3. The average Bonchev–Trinajstić information content (AvgIpc) is 2.99. The highest BCUT2D eigenvalue weighted by Gasteiger charge is 2.25. The van der Waals surface area contributed by atoms with Crippen LogP contribution in [0.4, 0.5) is 4.79 Å². The van der Waals surface area contributed by atoms with E-state index < -0.39 is 27.6 Å². The number of amides is 1. The van der Waals surface area contributed by atoms with Gasteiger partial charge in [0.15, 0.2) is 6.29 Å². The molecule has 0 bridgehead atoms. The van der Waals surface area contributed by atoms with Crippen molar-refractivity contribution in [3.05, 3.63) is 113 Å². The number of nitrogens with zero attached hydrogens (tertiary/aromatic N) is 2. The van der Waals surface area contributed by atoms with Gasteiger partial charge in [-0.25, -0.2) is 18.2 Å². The summed E-state index contributed by atoms with van der Waals surface area (Å²) in [5.74, 6) is 0.453. The molecule has 0 saturated heterocycles. The van der Waals surface area contributed by atoms with Crippen LogP contribution in [-0.4, -0.2) is 54.5 Å². The quantitative estimate of drug-likeness (QED) is 0.181. The van der Waals surface area contributed by atoms with E-state index in [-0.39, 0.29) is 34.3 Å². The molecule has 0 unspecified atom stereocenters. The number of benzene rings is 3. The molecule has 0 saturated carbocycles. The Morgan fingerprint density at radius 1 is 1.00 bits per heavy atom. The fourth-order valence-corrected chi connectivity index (χ4v) is 5.68. The Kier molecular flexibility index (Phi) is 10.4. The number of sulfone groups is 1. The lowest BCUT2D eigenvalue weighted by Crippen LogP contribution is -2.40. The number of rotatable bonds is 11. The molecule has 0 fully saturated rings. The SMILES string of the molecule is CC(C)(C)OC(=O)N(CCc1ccc(S(=O)(=O)c2ccc(Oc3ncccc3C=O)cc2)cc1)C[C@H](O)c1cccc(Cl)c1. The van der Waals surface area contributed by atoms with Crippen molar-refractivity contribution in [3.63, 3.8) is 0 Å². The van der Waals surface area contributed by atoms with Gasteiger partial charge in [0.25, 0.3) is 0 Å². The van der Waals surface area contributed by atoms with Crippen LogP contribution in [0.1, 0.15) is 48.4 Å². The first-order chi connectivity index (χ1) is 20.9. The minimum Gasteiger partial charge on any atom is -0.444 e. The van der Waals surface area contributed by atoms with Crippen LogP contribution in [0.15, 0.2) is 101 Å². The Morgan fingerprint density at radius 3 is 2.27 bits per heavy atom. The largest absolute Gasteiger partial charge is 0.444 e. The van der Waals surface area contributed by atoms with Crippen molar-refractivity contribution in [2.45, 2.75) is 48.7 Å². The molecule has 1 N–H and O–H groups in total. The number of carbonyl (C=O) groups is 2. The molecule has 4 aromatic rings. The molecule has 230 valence electrons. The first kappa shape index (κ1) is 32.7. The molecule has 0 aliphatic carbocycles. The van der Waals surface area contributed by atoms with Gasteiger partial charge in [-0.15, -0.1) is 0 Å². The van der Waals surface area contributed by atoms with E-state index in [1.54, 1.807) is 69.3 Å². The van der Waals surface area contributed by atoms with E-state index in [1.165, 1.54) is 47.5 Å². The van der Waals surface area contributed by atoms with E-state index in [4.69, 9.17) is 21.1 Å². The van der Waals surface area contributed by atoms with Crippen LogP contribution in [0.2, 0.25) is 5.02 Å². The first-order valence-electron chi connectivity index (χ1n) is 13.8. The maximum absolute atomic E-state index is 13.3. The maximum Gasteiger partial charge on any atom is 0.410 e. The van der Waals surface area contributed by atoms with Gasteiger partial charge in [-0.1, -0.05) is 35.9 Å². The molecule has 1 amide bonds. The summed E-state index contributed by atoms with van der Waals surface area (Å²) in [6.45, 7) is 5.50. The smallest absolute Gasteiger partial charge is 0.410 e. The third kappa shape index (κ3) is 8.66. The van der Waals surface area contributed by atoms with Crippen molar-refractivity contribution in [2.75, 3.05) is 13.1 Å². The first-order valence-corrected chi connectivity index (χ1v) is 15.7. The van der Waals surface area contributed by atoms with Crippen LogP contribution < -0.4 is 4.74 Å². The second-order valence-electron chi connectivity index (χ2n) is 11.0. The minimum atomic E-state index is -3.83. The number of aliphatic hydroxyl groups is 1. The normalized spacial score (nSPS) is 12.3. The maximum atomic E-state index is 13.3. The van der Waals surface area contributed by atoms with E-state index in [9.17, 15) is 23.1 Å². The Morgan fingerprint density at radius 2 is 1.66 bits per heavy atom. The van der Waals surface area contributed by atoms with Gasteiger partial charge in [0.2, 0.25) is 15.7 Å². The van der Waals surface area contributed by atoms with Crippen molar-refractivity contribution >= 4 is 33.8 Å². The van der Waals surface area contributed by atoms with Gasteiger partial charge in [-0.3, -0.25) is 4.79 Å². The summed E-state index contributed by atoms with van der Waals surface area (Å²) >= 11 is 6.07. The molecular weight excluding hydrogens is 604 g/mol. The molecule has 0 spiro atoms. The van der Waals surface area contributed by atoms with Crippen LogP contribution >= 0.6 is 11.6 Å². The van der Waals surface area contributed by atoms with Gasteiger partial charge in [-0.05, 0) is 99.0 Å². The lowest BCUT2D eigenvalue weighted by atomic mass is 10.1. The van der Waals surface area contributed by atoms with Crippen LogP contribution in [0.5, 0.6) is 11.6 Å². The summed E-state index contributed by atoms with van der Waals surface area (Å²) in [4.78, 5) is 29.8. The van der Waals surface area contributed by atoms with Crippen LogP contribution in [-0.2, 0) is 21.0 Å². The molecule has 11 heteroatoms. The Hall–Kier alpha value is -4.25. The van der Waals surface area contributed by atoms with Crippen molar-refractivity contribution in [2.24, 2.45) is 0 Å². The Labute approximate surface area is 262 Å². The number of hydrogen-bond acceptors (Lipinski definition) is 8. The summed E-state index contributed by atoms with van der Waals surface area (Å²) in [7, 11) is -3.83. The predicted octanol–water partition coefficient (Wildman–Crippen LogP) is 6.69. The molecular formula is C33H33ClN2O7S. The molecule has 0 aliphatic rings. The van der Waals surface area contributed by atoms with Crippen molar-refractivity contribution in [3.8, 4) is 11.6 Å². The highest BCUT2D eigenvalue weighted by molar-refractivity contribution is 7.91. The number of aromatic nitrogens is 1. The molecule has 1 atom stereocenters. The molecule has 0 radical (unpaired) electrons. The fraction of sp³-hybridized carbons (Fsp3) is 0.242. The van der Waals surface area contributed by atoms with E-state index >= 15 is 0 Å². The molecule has 1 aromatic heterocycles. The number of aliphatic hydroxyl groups excluding tert-OH is 1. The van der Waals surface area contributed by atoms with E-state index in [1.807, 2.05) is 0 Å². The lowest BCUT2D eigenvalue weighted by molar-refractivity contribution is 0.0147.